The van der Waals surface area contributed by atoms with Gasteiger partial charge in [0.25, 0.3) is 5.91 Å². The molecule has 40 heavy (non-hydrogen) atoms. The molecule has 0 aromatic heterocycles. The van der Waals surface area contributed by atoms with Crippen LogP contribution < -0.4 is 4.74 Å². The van der Waals surface area contributed by atoms with Crippen molar-refractivity contribution in [1.29, 1.82) is 0 Å². The standard InChI is InChI=1S/C33H35FN2O4/c34-28-19-30(26(23-13-14-23)18-27(28)32(37)36-16-7-12-29(36)33(38)39)40-21-22-15-17-35(20-22)31(24-8-3-1-4-9-24)25-10-5-2-6-11-25/h1-6,8-11,18-19,22-23,29,31H,7,12-17,20-21H2,(H,38,39)/t22-,29+/m1/s1. The molecule has 3 aromatic carbocycles. The molecule has 2 heterocycles. The minimum Gasteiger partial charge on any atom is -0.493 e. The smallest absolute Gasteiger partial charge is 0.326 e. The molecule has 1 aliphatic carbocycles. The first-order valence-corrected chi connectivity index (χ1v) is 14.3. The molecule has 3 fully saturated rings. The van der Waals surface area contributed by atoms with Crippen molar-refractivity contribution >= 4 is 11.9 Å². The number of carbonyl (C=O) groups excluding carboxylic acids is 1. The van der Waals surface area contributed by atoms with Crippen LogP contribution in [0, 0.1) is 11.7 Å². The highest BCUT2D eigenvalue weighted by atomic mass is 19.1. The second kappa shape index (κ2) is 11.4. The molecule has 2 atom stereocenters. The van der Waals surface area contributed by atoms with Gasteiger partial charge < -0.3 is 14.7 Å². The first-order chi connectivity index (χ1) is 19.5. The SMILES string of the molecule is O=C(O)[C@@H]1CCCN1C(=O)c1cc(C2CC2)c(OC[C@@H]2CCN(C(c3ccccc3)c3ccccc3)C2)cc1F. The third kappa shape index (κ3) is 5.48. The van der Waals surface area contributed by atoms with E-state index in [0.29, 0.717) is 37.7 Å². The molecule has 6 rings (SSSR count). The zero-order valence-electron chi connectivity index (χ0n) is 22.5. The van der Waals surface area contributed by atoms with Crippen LogP contribution in [0.4, 0.5) is 4.39 Å². The van der Waals surface area contributed by atoms with Gasteiger partial charge in [-0.05, 0) is 67.3 Å². The maximum absolute atomic E-state index is 15.3. The minimum atomic E-state index is -1.04. The molecule has 1 amide bonds. The summed E-state index contributed by atoms with van der Waals surface area (Å²) in [6, 6.07) is 23.3. The van der Waals surface area contributed by atoms with Gasteiger partial charge in [0.15, 0.2) is 0 Å². The maximum atomic E-state index is 15.3. The molecular weight excluding hydrogens is 507 g/mol. The van der Waals surface area contributed by atoms with E-state index in [4.69, 9.17) is 4.74 Å². The van der Waals surface area contributed by atoms with Gasteiger partial charge in [-0.3, -0.25) is 9.69 Å². The fraction of sp³-hybridized carbons (Fsp3) is 0.394. The summed E-state index contributed by atoms with van der Waals surface area (Å²) in [5.74, 6) is -1.18. The number of carboxylic acids is 1. The zero-order valence-corrected chi connectivity index (χ0v) is 22.5. The number of carboxylic acid groups (broad SMARTS) is 1. The van der Waals surface area contributed by atoms with Crippen molar-refractivity contribution in [3.63, 3.8) is 0 Å². The molecule has 3 aromatic rings. The van der Waals surface area contributed by atoms with Crippen LogP contribution in [0.1, 0.15) is 71.1 Å². The first kappa shape index (κ1) is 26.5. The Morgan fingerprint density at radius 1 is 0.925 bits per heavy atom. The third-order valence-corrected chi connectivity index (χ3v) is 8.53. The molecule has 7 heteroatoms. The predicted molar refractivity (Wildman–Crippen MR) is 150 cm³/mol. The molecule has 208 valence electrons. The van der Waals surface area contributed by atoms with Gasteiger partial charge in [-0.1, -0.05) is 60.7 Å². The topological polar surface area (TPSA) is 70.1 Å². The van der Waals surface area contributed by atoms with E-state index >= 15 is 4.39 Å². The number of hydrogen-bond donors (Lipinski definition) is 1. The van der Waals surface area contributed by atoms with Crippen LogP contribution in [0.15, 0.2) is 72.8 Å². The van der Waals surface area contributed by atoms with Crippen LogP contribution >= 0.6 is 0 Å². The van der Waals surface area contributed by atoms with Gasteiger partial charge >= 0.3 is 5.97 Å². The lowest BCUT2D eigenvalue weighted by Gasteiger charge is -2.29. The number of ether oxygens (including phenoxy) is 1. The van der Waals surface area contributed by atoms with Crippen LogP contribution in [0.25, 0.3) is 0 Å². The van der Waals surface area contributed by atoms with E-state index in [1.807, 2.05) is 12.1 Å². The quantitative estimate of drug-likeness (QED) is 0.366. The second-order valence-electron chi connectivity index (χ2n) is 11.3. The van der Waals surface area contributed by atoms with E-state index in [2.05, 4.69) is 53.4 Å². The largest absolute Gasteiger partial charge is 0.493 e. The van der Waals surface area contributed by atoms with E-state index in [1.54, 1.807) is 6.07 Å². The summed E-state index contributed by atoms with van der Waals surface area (Å²) in [4.78, 5) is 28.6. The minimum absolute atomic E-state index is 0.0528. The average molecular weight is 543 g/mol. The zero-order chi connectivity index (χ0) is 27.6. The number of rotatable bonds is 9. The fourth-order valence-electron chi connectivity index (χ4n) is 6.32. The average Bonchev–Trinajstić information content (AvgIpc) is 3.49. The number of carbonyl (C=O) groups is 2. The Bertz CT molecular complexity index is 1320. The number of likely N-dealkylation sites (tertiary alicyclic amines) is 2. The Morgan fingerprint density at radius 3 is 2.23 bits per heavy atom. The predicted octanol–water partition coefficient (Wildman–Crippen LogP) is 5.88. The number of benzene rings is 3. The van der Waals surface area contributed by atoms with Gasteiger partial charge in [0, 0.05) is 25.1 Å². The number of amides is 1. The summed E-state index contributed by atoms with van der Waals surface area (Å²) in [5.41, 5.74) is 3.33. The van der Waals surface area contributed by atoms with Crippen molar-refractivity contribution in [2.24, 2.45) is 5.92 Å². The summed E-state index contributed by atoms with van der Waals surface area (Å²) in [5, 5.41) is 9.49. The number of hydrogen-bond acceptors (Lipinski definition) is 4. The Labute approximate surface area is 234 Å². The van der Waals surface area contributed by atoms with Crippen LogP contribution in [0.5, 0.6) is 5.75 Å². The summed E-state index contributed by atoms with van der Waals surface area (Å²) in [6.07, 6.45) is 3.94. The van der Waals surface area contributed by atoms with Gasteiger partial charge in [0.2, 0.25) is 0 Å². The molecule has 1 N–H and O–H groups in total. The Morgan fingerprint density at radius 2 is 1.60 bits per heavy atom. The maximum Gasteiger partial charge on any atom is 0.326 e. The van der Waals surface area contributed by atoms with Gasteiger partial charge in [-0.25, -0.2) is 9.18 Å². The van der Waals surface area contributed by atoms with Crippen LogP contribution in [-0.4, -0.2) is 59.1 Å². The van der Waals surface area contributed by atoms with Crippen molar-refractivity contribution in [3.8, 4) is 5.75 Å². The number of aliphatic carboxylic acids is 1. The van der Waals surface area contributed by atoms with Gasteiger partial charge in [-0.2, -0.15) is 0 Å². The summed E-state index contributed by atoms with van der Waals surface area (Å²) >= 11 is 0. The van der Waals surface area contributed by atoms with Crippen LogP contribution in [0.3, 0.4) is 0 Å². The fourth-order valence-corrected chi connectivity index (χ4v) is 6.32. The molecule has 6 nitrogen and oxygen atoms in total. The second-order valence-corrected chi connectivity index (χ2v) is 11.3. The van der Waals surface area contributed by atoms with Crippen LogP contribution in [0.2, 0.25) is 0 Å². The lowest BCUT2D eigenvalue weighted by Crippen LogP contribution is -2.40. The van der Waals surface area contributed by atoms with E-state index in [9.17, 15) is 14.7 Å². The molecule has 2 saturated heterocycles. The van der Waals surface area contributed by atoms with Crippen molar-refractivity contribution < 1.29 is 23.8 Å². The molecule has 2 aliphatic heterocycles. The van der Waals surface area contributed by atoms with Crippen molar-refractivity contribution in [1.82, 2.24) is 9.80 Å². The Hall–Kier alpha value is -3.71. The molecule has 0 radical (unpaired) electrons. The highest BCUT2D eigenvalue weighted by Crippen LogP contribution is 2.45. The van der Waals surface area contributed by atoms with Crippen molar-refractivity contribution in [3.05, 3.63) is 101 Å². The Balaban J connectivity index is 1.17. The molecule has 0 spiro atoms. The molecular formula is C33H35FN2O4. The van der Waals surface area contributed by atoms with Crippen molar-refractivity contribution in [2.45, 2.75) is 50.1 Å². The monoisotopic (exact) mass is 542 g/mol. The number of nitrogens with zero attached hydrogens (tertiary/aromatic N) is 2. The van der Waals surface area contributed by atoms with Gasteiger partial charge in [-0.15, -0.1) is 0 Å². The summed E-state index contributed by atoms with van der Waals surface area (Å²) < 4.78 is 21.6. The van der Waals surface area contributed by atoms with E-state index < -0.39 is 23.7 Å². The molecule has 3 aliphatic rings. The number of halogens is 1. The normalized spacial score (nSPS) is 21.2. The molecule has 0 bridgehead atoms. The summed E-state index contributed by atoms with van der Waals surface area (Å²) in [7, 11) is 0. The first-order valence-electron chi connectivity index (χ1n) is 14.3. The van der Waals surface area contributed by atoms with Crippen LogP contribution in [-0.2, 0) is 4.79 Å². The lowest BCUT2D eigenvalue weighted by molar-refractivity contribution is -0.141. The molecule has 0 unspecified atom stereocenters. The van der Waals surface area contributed by atoms with E-state index in [0.717, 1.165) is 37.9 Å². The van der Waals surface area contributed by atoms with E-state index in [-0.39, 0.29) is 17.5 Å². The van der Waals surface area contributed by atoms with E-state index in [1.165, 1.54) is 22.1 Å². The van der Waals surface area contributed by atoms with Crippen molar-refractivity contribution in [2.75, 3.05) is 26.2 Å². The van der Waals surface area contributed by atoms with Gasteiger partial charge in [0.1, 0.15) is 17.6 Å². The molecule has 1 saturated carbocycles. The highest BCUT2D eigenvalue weighted by molar-refractivity contribution is 5.97. The third-order valence-electron chi connectivity index (χ3n) is 8.53. The lowest BCUT2D eigenvalue weighted by atomic mass is 9.97. The van der Waals surface area contributed by atoms with Gasteiger partial charge in [0.05, 0.1) is 18.2 Å². The summed E-state index contributed by atoms with van der Waals surface area (Å²) in [6.45, 7) is 2.63. The Kier molecular flexibility index (Phi) is 7.57. The highest BCUT2D eigenvalue weighted by Gasteiger charge is 2.37.